The average molecular weight is 339 g/mol. The van der Waals surface area contributed by atoms with Crippen molar-refractivity contribution in [3.05, 3.63) is 58.7 Å². The van der Waals surface area contributed by atoms with Crippen LogP contribution < -0.4 is 14.4 Å². The summed E-state index contributed by atoms with van der Waals surface area (Å²) < 4.78 is 10.8. The van der Waals surface area contributed by atoms with Gasteiger partial charge in [0.05, 0.1) is 20.3 Å². The van der Waals surface area contributed by atoms with Crippen molar-refractivity contribution in [2.75, 3.05) is 33.2 Å². The summed E-state index contributed by atoms with van der Waals surface area (Å²) in [5, 5.41) is 11.0. The SMILES string of the molecule is COc1cc2c(cc1OC)[C@H](O)[C@@H](c1ccc(N(C)C)cc1C)C=C2. The zero-order valence-corrected chi connectivity index (χ0v) is 15.4. The molecule has 1 aliphatic carbocycles. The second-order valence-electron chi connectivity index (χ2n) is 6.60. The molecule has 1 aliphatic rings. The Morgan fingerprint density at radius 3 is 2.24 bits per heavy atom. The number of fused-ring (bicyclic) bond motifs is 1. The highest BCUT2D eigenvalue weighted by Gasteiger charge is 2.28. The van der Waals surface area contributed by atoms with Gasteiger partial charge in [-0.3, -0.25) is 0 Å². The van der Waals surface area contributed by atoms with E-state index in [0.717, 1.165) is 22.4 Å². The van der Waals surface area contributed by atoms with Crippen LogP contribution in [-0.4, -0.2) is 33.4 Å². The molecule has 4 nitrogen and oxygen atoms in total. The van der Waals surface area contributed by atoms with Crippen molar-refractivity contribution in [2.45, 2.75) is 18.9 Å². The molecule has 0 aliphatic heterocycles. The summed E-state index contributed by atoms with van der Waals surface area (Å²) >= 11 is 0. The largest absolute Gasteiger partial charge is 0.493 e. The zero-order valence-electron chi connectivity index (χ0n) is 15.4. The fraction of sp³-hybridized carbons (Fsp3) is 0.333. The Morgan fingerprint density at radius 1 is 0.960 bits per heavy atom. The third-order valence-corrected chi connectivity index (χ3v) is 4.86. The van der Waals surface area contributed by atoms with E-state index in [0.29, 0.717) is 11.5 Å². The van der Waals surface area contributed by atoms with Crippen LogP contribution in [0.4, 0.5) is 5.69 Å². The number of aryl methyl sites for hydroxylation is 1. The van der Waals surface area contributed by atoms with Crippen LogP contribution in [0.5, 0.6) is 11.5 Å². The van der Waals surface area contributed by atoms with Crippen molar-refractivity contribution in [3.63, 3.8) is 0 Å². The molecule has 0 unspecified atom stereocenters. The van der Waals surface area contributed by atoms with Gasteiger partial charge in [0.1, 0.15) is 0 Å². The van der Waals surface area contributed by atoms with E-state index in [-0.39, 0.29) is 5.92 Å². The van der Waals surface area contributed by atoms with Crippen LogP contribution in [0.25, 0.3) is 6.08 Å². The smallest absolute Gasteiger partial charge is 0.161 e. The Hall–Kier alpha value is -2.46. The van der Waals surface area contributed by atoms with Gasteiger partial charge in [-0.15, -0.1) is 0 Å². The van der Waals surface area contributed by atoms with Gasteiger partial charge in [0, 0.05) is 25.7 Å². The number of anilines is 1. The van der Waals surface area contributed by atoms with Crippen molar-refractivity contribution in [2.24, 2.45) is 0 Å². The topological polar surface area (TPSA) is 41.9 Å². The second-order valence-corrected chi connectivity index (χ2v) is 6.60. The summed E-state index contributed by atoms with van der Waals surface area (Å²) in [6.07, 6.45) is 3.49. The predicted octanol–water partition coefficient (Wildman–Crippen LogP) is 3.92. The third-order valence-electron chi connectivity index (χ3n) is 4.86. The van der Waals surface area contributed by atoms with E-state index in [2.05, 4.69) is 36.1 Å². The lowest BCUT2D eigenvalue weighted by Crippen LogP contribution is -2.15. The molecule has 4 heteroatoms. The normalized spacial score (nSPS) is 18.6. The highest BCUT2D eigenvalue weighted by molar-refractivity contribution is 5.65. The molecule has 0 saturated heterocycles. The first kappa shape index (κ1) is 17.4. The summed E-state index contributed by atoms with van der Waals surface area (Å²) in [5.41, 5.74) is 5.28. The number of hydrogen-bond donors (Lipinski definition) is 1. The molecule has 1 N–H and O–H groups in total. The Balaban J connectivity index is 2.01. The predicted molar refractivity (Wildman–Crippen MR) is 102 cm³/mol. The van der Waals surface area contributed by atoms with Crippen LogP contribution in [0.15, 0.2) is 36.4 Å². The molecule has 0 aromatic heterocycles. The summed E-state index contributed by atoms with van der Waals surface area (Å²) in [6, 6.07) is 10.1. The van der Waals surface area contributed by atoms with E-state index in [9.17, 15) is 5.11 Å². The van der Waals surface area contributed by atoms with Gasteiger partial charge in [-0.05, 0) is 53.4 Å². The third kappa shape index (κ3) is 3.10. The van der Waals surface area contributed by atoms with Crippen LogP contribution in [-0.2, 0) is 0 Å². The number of nitrogens with zero attached hydrogens (tertiary/aromatic N) is 1. The molecule has 0 heterocycles. The first-order chi connectivity index (χ1) is 12.0. The van der Waals surface area contributed by atoms with Gasteiger partial charge in [-0.2, -0.15) is 0 Å². The molecular formula is C21H25NO3. The molecule has 2 aromatic rings. The zero-order chi connectivity index (χ0) is 18.1. The van der Waals surface area contributed by atoms with E-state index in [1.54, 1.807) is 14.2 Å². The summed E-state index contributed by atoms with van der Waals surface area (Å²) in [4.78, 5) is 2.08. The van der Waals surface area contributed by atoms with Crippen LogP contribution >= 0.6 is 0 Å². The molecule has 0 fully saturated rings. The number of rotatable bonds is 4. The van der Waals surface area contributed by atoms with Gasteiger partial charge in [-0.1, -0.05) is 18.2 Å². The minimum Gasteiger partial charge on any atom is -0.493 e. The van der Waals surface area contributed by atoms with Gasteiger partial charge in [-0.25, -0.2) is 0 Å². The number of benzene rings is 2. The number of methoxy groups -OCH3 is 2. The van der Waals surface area contributed by atoms with Crippen LogP contribution in [0.2, 0.25) is 0 Å². The van der Waals surface area contributed by atoms with Crippen molar-refractivity contribution in [1.29, 1.82) is 0 Å². The Bertz CT molecular complexity index is 811. The van der Waals surface area contributed by atoms with E-state index in [1.165, 1.54) is 5.56 Å². The molecular weight excluding hydrogens is 314 g/mol. The molecule has 2 aromatic carbocycles. The van der Waals surface area contributed by atoms with Crippen LogP contribution in [0, 0.1) is 6.92 Å². The molecule has 0 amide bonds. The van der Waals surface area contributed by atoms with Crippen molar-refractivity contribution < 1.29 is 14.6 Å². The van der Waals surface area contributed by atoms with Crippen molar-refractivity contribution in [1.82, 2.24) is 0 Å². The fourth-order valence-electron chi connectivity index (χ4n) is 3.40. The number of aliphatic hydroxyl groups is 1. The average Bonchev–Trinajstić information content (AvgIpc) is 2.61. The van der Waals surface area contributed by atoms with Crippen molar-refractivity contribution in [3.8, 4) is 11.5 Å². The first-order valence-electron chi connectivity index (χ1n) is 8.36. The molecule has 0 radical (unpaired) electrons. The van der Waals surface area contributed by atoms with Crippen molar-refractivity contribution >= 4 is 11.8 Å². The van der Waals surface area contributed by atoms with Gasteiger partial charge in [0.2, 0.25) is 0 Å². The van der Waals surface area contributed by atoms with E-state index < -0.39 is 6.10 Å². The molecule has 0 bridgehead atoms. The second kappa shape index (κ2) is 6.81. The lowest BCUT2D eigenvalue weighted by atomic mass is 9.81. The Labute approximate surface area is 149 Å². The molecule has 2 atom stereocenters. The minimum atomic E-state index is -0.622. The van der Waals surface area contributed by atoms with Gasteiger partial charge in [0.15, 0.2) is 11.5 Å². The van der Waals surface area contributed by atoms with Gasteiger partial charge >= 0.3 is 0 Å². The fourth-order valence-corrected chi connectivity index (χ4v) is 3.40. The molecule has 0 spiro atoms. The highest BCUT2D eigenvalue weighted by atomic mass is 16.5. The standard InChI is InChI=1S/C21H25NO3/c1-13-10-15(22(2)3)7-9-16(13)17-8-6-14-11-19(24-4)20(25-5)12-18(14)21(17)23/h6-12,17,21,23H,1-5H3/t17-,21-/m1/s1. The van der Waals surface area contributed by atoms with Gasteiger partial charge in [0.25, 0.3) is 0 Å². The molecule has 25 heavy (non-hydrogen) atoms. The van der Waals surface area contributed by atoms with E-state index >= 15 is 0 Å². The quantitative estimate of drug-likeness (QED) is 0.917. The molecule has 3 rings (SSSR count). The maximum atomic E-state index is 11.0. The first-order valence-corrected chi connectivity index (χ1v) is 8.36. The Morgan fingerprint density at radius 2 is 1.64 bits per heavy atom. The lowest BCUT2D eigenvalue weighted by Gasteiger charge is -2.28. The van der Waals surface area contributed by atoms with Crippen LogP contribution in [0.1, 0.15) is 34.3 Å². The van der Waals surface area contributed by atoms with Gasteiger partial charge < -0.3 is 19.5 Å². The summed E-state index contributed by atoms with van der Waals surface area (Å²) in [6.45, 7) is 2.09. The highest BCUT2D eigenvalue weighted by Crippen LogP contribution is 2.43. The maximum Gasteiger partial charge on any atom is 0.161 e. The lowest BCUT2D eigenvalue weighted by molar-refractivity contribution is 0.159. The number of aliphatic hydroxyl groups excluding tert-OH is 1. The Kier molecular flexibility index (Phi) is 4.73. The minimum absolute atomic E-state index is 0.0817. The maximum absolute atomic E-state index is 11.0. The van der Waals surface area contributed by atoms with Crippen LogP contribution in [0.3, 0.4) is 0 Å². The van der Waals surface area contributed by atoms with E-state index in [1.807, 2.05) is 32.3 Å². The number of hydrogen-bond acceptors (Lipinski definition) is 4. The molecule has 0 saturated carbocycles. The number of ether oxygens (including phenoxy) is 2. The monoisotopic (exact) mass is 339 g/mol. The van der Waals surface area contributed by atoms with E-state index in [4.69, 9.17) is 9.47 Å². The molecule has 132 valence electrons. The summed E-state index contributed by atoms with van der Waals surface area (Å²) in [5.74, 6) is 1.22. The summed E-state index contributed by atoms with van der Waals surface area (Å²) in [7, 11) is 7.28.